The first-order chi connectivity index (χ1) is 22.8. The molecule has 0 amide bonds. The van der Waals surface area contributed by atoms with Crippen LogP contribution in [0.1, 0.15) is 102 Å². The van der Waals surface area contributed by atoms with E-state index >= 15 is 0 Å². The first-order valence-corrected chi connectivity index (χ1v) is 19.8. The van der Waals surface area contributed by atoms with Crippen LogP contribution in [0.5, 0.6) is 11.5 Å². The van der Waals surface area contributed by atoms with Crippen molar-refractivity contribution in [1.82, 2.24) is 0 Å². The summed E-state index contributed by atoms with van der Waals surface area (Å²) in [5.41, 5.74) is 1.78. The number of thioether (sulfide) groups is 2. The third-order valence-electron chi connectivity index (χ3n) is 8.58. The molecule has 3 atom stereocenters. The molecule has 48 heavy (non-hydrogen) atoms. The van der Waals surface area contributed by atoms with Crippen molar-refractivity contribution < 1.29 is 34.0 Å². The minimum atomic E-state index is -0.631. The van der Waals surface area contributed by atoms with Crippen molar-refractivity contribution in [3.8, 4) is 11.5 Å². The second-order valence-electron chi connectivity index (χ2n) is 13.4. The highest BCUT2D eigenvalue weighted by atomic mass is 32.2. The summed E-state index contributed by atoms with van der Waals surface area (Å²) in [4.78, 5) is 25.1. The van der Waals surface area contributed by atoms with Crippen molar-refractivity contribution in [2.24, 2.45) is 11.3 Å². The molecule has 0 saturated carbocycles. The number of benzene rings is 2. The molecule has 0 aliphatic rings. The highest BCUT2D eigenvalue weighted by Crippen LogP contribution is 2.40. The van der Waals surface area contributed by atoms with Gasteiger partial charge in [-0.15, -0.1) is 0 Å². The minimum Gasteiger partial charge on any atom is -0.508 e. The van der Waals surface area contributed by atoms with Crippen LogP contribution < -0.4 is 0 Å². The zero-order valence-electron chi connectivity index (χ0n) is 29.7. The van der Waals surface area contributed by atoms with Gasteiger partial charge in [-0.1, -0.05) is 65.8 Å². The lowest BCUT2D eigenvalue weighted by atomic mass is 9.82. The first kappa shape index (κ1) is 42.2. The molecule has 2 N–H and O–H groups in total. The number of phenolic OH excluding ortho intramolecular Hbond substituents is 2. The molecule has 7 nitrogen and oxygen atoms in total. The summed E-state index contributed by atoms with van der Waals surface area (Å²) in [7, 11) is 0. The highest BCUT2D eigenvalue weighted by molar-refractivity contribution is 8.00. The normalized spacial score (nSPS) is 14.3. The topological polar surface area (TPSA) is 102 Å². The number of esters is 2. The zero-order valence-corrected chi connectivity index (χ0v) is 32.3. The Morgan fingerprint density at radius 1 is 0.833 bits per heavy atom. The van der Waals surface area contributed by atoms with Gasteiger partial charge in [-0.3, -0.25) is 9.59 Å². The van der Waals surface area contributed by atoms with Gasteiger partial charge in [-0.05, 0) is 78.7 Å². The smallest absolute Gasteiger partial charge is 0.306 e. The molecule has 2 aromatic carbocycles. The average molecular weight is 723 g/mol. The van der Waals surface area contributed by atoms with Crippen LogP contribution in [-0.2, 0) is 23.8 Å². The Morgan fingerprint density at radius 3 is 1.92 bits per heavy atom. The molecule has 0 aliphatic carbocycles. The molecule has 10 heteroatoms. The van der Waals surface area contributed by atoms with E-state index in [0.717, 1.165) is 25.0 Å². The third kappa shape index (κ3) is 15.7. The van der Waals surface area contributed by atoms with Crippen LogP contribution in [-0.4, -0.2) is 70.6 Å². The van der Waals surface area contributed by atoms with Crippen LogP contribution >= 0.6 is 36.2 Å². The van der Waals surface area contributed by atoms with Crippen LogP contribution in [0.3, 0.4) is 0 Å². The summed E-state index contributed by atoms with van der Waals surface area (Å²) in [6.45, 7) is 14.1. The van der Waals surface area contributed by atoms with E-state index in [1.807, 2.05) is 43.0 Å². The summed E-state index contributed by atoms with van der Waals surface area (Å²) in [5.74, 6) is 2.68. The molecule has 0 fully saturated rings. The summed E-state index contributed by atoms with van der Waals surface area (Å²) in [6.07, 6.45) is 3.92. The van der Waals surface area contributed by atoms with Gasteiger partial charge in [-0.25, -0.2) is 0 Å². The molecule has 0 saturated heterocycles. The number of hydrogen-bond acceptors (Lipinski definition) is 10. The molecule has 0 aromatic heterocycles. The fourth-order valence-electron chi connectivity index (χ4n) is 5.41. The molecule has 3 unspecified atom stereocenters. The monoisotopic (exact) mass is 722 g/mol. The third-order valence-corrected chi connectivity index (χ3v) is 11.7. The average Bonchev–Trinajstić information content (AvgIpc) is 3.05. The summed E-state index contributed by atoms with van der Waals surface area (Å²) in [6, 6.07) is 14.9. The Bertz CT molecular complexity index is 1200. The lowest BCUT2D eigenvalue weighted by molar-refractivity contribution is -0.157. The van der Waals surface area contributed by atoms with Crippen molar-refractivity contribution in [3.05, 3.63) is 59.7 Å². The highest BCUT2D eigenvalue weighted by Gasteiger charge is 2.33. The number of ether oxygens (including phenoxy) is 3. The van der Waals surface area contributed by atoms with Crippen LogP contribution in [0.15, 0.2) is 48.5 Å². The Morgan fingerprint density at radius 2 is 1.40 bits per heavy atom. The predicted octanol–water partition coefficient (Wildman–Crippen LogP) is 9.22. The lowest BCUT2D eigenvalue weighted by Gasteiger charge is -2.32. The number of rotatable bonds is 24. The number of aromatic hydroxyl groups is 2. The van der Waals surface area contributed by atoms with Crippen LogP contribution in [0.25, 0.3) is 0 Å². The summed E-state index contributed by atoms with van der Waals surface area (Å²) in [5, 5.41) is 19.7. The van der Waals surface area contributed by atoms with E-state index < -0.39 is 5.41 Å². The van der Waals surface area contributed by atoms with E-state index in [4.69, 9.17) is 14.2 Å². The lowest BCUT2D eigenvalue weighted by Crippen LogP contribution is -2.38. The molecule has 2 rings (SSSR count). The van der Waals surface area contributed by atoms with E-state index in [0.29, 0.717) is 48.2 Å². The molecule has 0 heterocycles. The van der Waals surface area contributed by atoms with Crippen molar-refractivity contribution in [2.45, 2.75) is 96.0 Å². The number of carbonyl (C=O) groups excluding carboxylic acids is 2. The molecular formula is C38H58O7S3. The van der Waals surface area contributed by atoms with Crippen molar-refractivity contribution in [2.75, 3.05) is 43.7 Å². The molecule has 0 aliphatic heterocycles. The maximum absolute atomic E-state index is 12.9. The molecular weight excluding hydrogens is 665 g/mol. The zero-order chi connectivity index (χ0) is 35.6. The number of hydrogen-bond donors (Lipinski definition) is 3. The van der Waals surface area contributed by atoms with Crippen molar-refractivity contribution in [3.63, 3.8) is 0 Å². The predicted molar refractivity (Wildman–Crippen MR) is 204 cm³/mol. The van der Waals surface area contributed by atoms with Gasteiger partial charge in [0, 0.05) is 28.1 Å². The quantitative estimate of drug-likeness (QED) is 0.0556. The van der Waals surface area contributed by atoms with E-state index in [2.05, 4.69) is 47.2 Å². The van der Waals surface area contributed by atoms with Crippen molar-refractivity contribution >= 4 is 48.1 Å². The fourth-order valence-corrected chi connectivity index (χ4v) is 7.86. The van der Waals surface area contributed by atoms with Crippen LogP contribution in [0.2, 0.25) is 0 Å². The van der Waals surface area contributed by atoms with Crippen LogP contribution in [0.4, 0.5) is 0 Å². The molecule has 0 bridgehead atoms. The fraction of sp³-hybridized carbons (Fsp3) is 0.632. The number of thiol groups is 1. The van der Waals surface area contributed by atoms with E-state index in [9.17, 15) is 19.8 Å². The standard InChI is InChI=1S/C38H58O7S3/c1-7-34(30-12-16-32(40)17-13-30)47-22-9-20-43-25-38(8-2,26-44-35(41)18-21-46)27-45-36(42)19-23-48-37(5,6)24-33(28(3)4)29-10-14-31(39)15-11-29/h10-17,28,33-34,39-40,46H,7-9,18-27H2,1-6H3. The first-order valence-electron chi connectivity index (χ1n) is 17.2. The van der Waals surface area contributed by atoms with Gasteiger partial charge < -0.3 is 24.4 Å². The second kappa shape index (κ2) is 21.9. The molecule has 270 valence electrons. The molecule has 0 spiro atoms. The van der Waals surface area contributed by atoms with E-state index in [1.54, 1.807) is 36.0 Å². The Balaban J connectivity index is 1.87. The van der Waals surface area contributed by atoms with Gasteiger partial charge in [0.05, 0.1) is 24.9 Å². The van der Waals surface area contributed by atoms with Gasteiger partial charge in [0.2, 0.25) is 0 Å². The largest absolute Gasteiger partial charge is 0.508 e. The summed E-state index contributed by atoms with van der Waals surface area (Å²) < 4.78 is 17.4. The second-order valence-corrected chi connectivity index (χ2v) is 17.0. The van der Waals surface area contributed by atoms with Gasteiger partial charge in [0.25, 0.3) is 0 Å². The Kier molecular flexibility index (Phi) is 19.3. The molecule has 0 radical (unpaired) electrons. The van der Waals surface area contributed by atoms with Gasteiger partial charge in [0.15, 0.2) is 0 Å². The molecule has 2 aromatic rings. The van der Waals surface area contributed by atoms with Gasteiger partial charge in [0.1, 0.15) is 24.7 Å². The number of carbonyl (C=O) groups is 2. The van der Waals surface area contributed by atoms with Gasteiger partial charge >= 0.3 is 11.9 Å². The maximum Gasteiger partial charge on any atom is 0.306 e. The SMILES string of the molecule is CCC(SCCCOCC(CC)(COC(=O)CCS)COC(=O)CCSC(C)(C)CC(c1ccc(O)cc1)C(C)C)c1ccc(O)cc1. The minimum absolute atomic E-state index is 0.0607. The summed E-state index contributed by atoms with van der Waals surface area (Å²) >= 11 is 7.78. The Hall–Kier alpha value is -2.01. The Labute approximate surface area is 303 Å². The van der Waals surface area contributed by atoms with Crippen molar-refractivity contribution in [1.29, 1.82) is 0 Å². The number of phenols is 2. The van der Waals surface area contributed by atoms with Crippen LogP contribution in [0, 0.1) is 11.3 Å². The van der Waals surface area contributed by atoms with Gasteiger partial charge in [-0.2, -0.15) is 36.2 Å². The van der Waals surface area contributed by atoms with E-state index in [1.165, 1.54) is 11.1 Å². The maximum atomic E-state index is 12.9. The van der Waals surface area contributed by atoms with E-state index in [-0.39, 0.29) is 54.2 Å².